The monoisotopic (exact) mass is 387 g/mol. The summed E-state index contributed by atoms with van der Waals surface area (Å²) >= 11 is 1.68. The molecule has 146 valence electrons. The standard InChI is InChI=1S/C21H29N3O2S/c1-27-19-6-4-18(5-7-19)24-14-16(12-20(24)25)21(26)23-10-8-17(9-11-23)22-13-15-2-3-15/h4-7,15-17,22H,2-3,8-14H2,1H3. The number of anilines is 1. The molecule has 0 radical (unpaired) electrons. The van der Waals surface area contributed by atoms with Crippen LogP contribution in [0.15, 0.2) is 29.2 Å². The molecule has 1 aliphatic carbocycles. The average molecular weight is 388 g/mol. The number of rotatable bonds is 6. The molecule has 1 atom stereocenters. The van der Waals surface area contributed by atoms with Gasteiger partial charge in [0.25, 0.3) is 0 Å². The zero-order valence-corrected chi connectivity index (χ0v) is 16.8. The molecule has 1 aromatic rings. The highest BCUT2D eigenvalue weighted by atomic mass is 32.2. The van der Waals surface area contributed by atoms with Crippen molar-refractivity contribution in [2.75, 3.05) is 37.3 Å². The Hall–Kier alpha value is -1.53. The average Bonchev–Trinajstić information content (AvgIpc) is 3.46. The summed E-state index contributed by atoms with van der Waals surface area (Å²) in [5.74, 6) is 0.914. The van der Waals surface area contributed by atoms with Gasteiger partial charge in [0.05, 0.1) is 5.92 Å². The molecular weight excluding hydrogens is 358 g/mol. The van der Waals surface area contributed by atoms with E-state index in [1.807, 2.05) is 35.4 Å². The van der Waals surface area contributed by atoms with Gasteiger partial charge in [0.15, 0.2) is 0 Å². The predicted molar refractivity (Wildman–Crippen MR) is 109 cm³/mol. The molecule has 3 fully saturated rings. The normalized spacial score (nSPS) is 23.9. The van der Waals surface area contributed by atoms with E-state index in [0.717, 1.165) is 44.1 Å². The van der Waals surface area contributed by atoms with E-state index in [0.29, 0.717) is 19.0 Å². The number of hydrogen-bond donors (Lipinski definition) is 1. The van der Waals surface area contributed by atoms with E-state index in [9.17, 15) is 9.59 Å². The molecule has 1 saturated carbocycles. The van der Waals surface area contributed by atoms with Crippen LogP contribution in [0.4, 0.5) is 5.69 Å². The zero-order valence-electron chi connectivity index (χ0n) is 16.0. The highest BCUT2D eigenvalue weighted by molar-refractivity contribution is 7.98. The van der Waals surface area contributed by atoms with E-state index < -0.39 is 0 Å². The summed E-state index contributed by atoms with van der Waals surface area (Å²) in [6.45, 7) is 3.28. The minimum Gasteiger partial charge on any atom is -0.342 e. The fourth-order valence-electron chi connectivity index (χ4n) is 4.10. The number of carbonyl (C=O) groups is 2. The molecule has 2 saturated heterocycles. The van der Waals surface area contributed by atoms with Crippen LogP contribution in [-0.4, -0.2) is 55.2 Å². The number of benzene rings is 1. The van der Waals surface area contributed by atoms with Gasteiger partial charge in [-0.1, -0.05) is 0 Å². The maximum atomic E-state index is 12.9. The van der Waals surface area contributed by atoms with E-state index >= 15 is 0 Å². The molecule has 1 N–H and O–H groups in total. The Bertz CT molecular complexity index is 681. The first-order valence-corrected chi connectivity index (χ1v) is 11.3. The maximum absolute atomic E-state index is 12.9. The molecular formula is C21H29N3O2S. The molecule has 0 aromatic heterocycles. The van der Waals surface area contributed by atoms with Gasteiger partial charge in [-0.2, -0.15) is 0 Å². The molecule has 0 spiro atoms. The number of amides is 2. The molecule has 5 nitrogen and oxygen atoms in total. The topological polar surface area (TPSA) is 52.7 Å². The van der Waals surface area contributed by atoms with Crippen LogP contribution in [0.2, 0.25) is 0 Å². The van der Waals surface area contributed by atoms with Crippen molar-refractivity contribution in [3.63, 3.8) is 0 Å². The van der Waals surface area contributed by atoms with Crippen LogP contribution >= 0.6 is 11.8 Å². The summed E-state index contributed by atoms with van der Waals surface area (Å²) in [6, 6.07) is 8.57. The SMILES string of the molecule is CSc1ccc(N2CC(C(=O)N3CCC(NCC4CC4)CC3)CC2=O)cc1. The van der Waals surface area contributed by atoms with Crippen LogP contribution in [0.5, 0.6) is 0 Å². The van der Waals surface area contributed by atoms with Gasteiger partial charge in [0.1, 0.15) is 0 Å². The van der Waals surface area contributed by atoms with Crippen LogP contribution in [0.25, 0.3) is 0 Å². The quantitative estimate of drug-likeness (QED) is 0.763. The van der Waals surface area contributed by atoms with Gasteiger partial charge in [-0.05, 0) is 68.7 Å². The molecule has 1 aromatic carbocycles. The van der Waals surface area contributed by atoms with Crippen LogP contribution in [-0.2, 0) is 9.59 Å². The minimum absolute atomic E-state index is 0.0613. The third kappa shape index (κ3) is 4.49. The van der Waals surface area contributed by atoms with Gasteiger partial charge >= 0.3 is 0 Å². The molecule has 2 aliphatic heterocycles. The first-order chi connectivity index (χ1) is 13.1. The largest absolute Gasteiger partial charge is 0.342 e. The number of thioether (sulfide) groups is 1. The lowest BCUT2D eigenvalue weighted by Gasteiger charge is -2.34. The second-order valence-electron chi connectivity index (χ2n) is 8.05. The lowest BCUT2D eigenvalue weighted by atomic mass is 10.0. The van der Waals surface area contributed by atoms with E-state index in [2.05, 4.69) is 5.32 Å². The van der Waals surface area contributed by atoms with Crippen molar-refractivity contribution in [2.24, 2.45) is 11.8 Å². The van der Waals surface area contributed by atoms with Gasteiger partial charge < -0.3 is 15.1 Å². The Kier molecular flexibility index (Phi) is 5.74. The lowest BCUT2D eigenvalue weighted by Crippen LogP contribution is -2.47. The molecule has 4 rings (SSSR count). The number of nitrogens with one attached hydrogen (secondary N) is 1. The van der Waals surface area contributed by atoms with Gasteiger partial charge in [-0.15, -0.1) is 11.8 Å². The van der Waals surface area contributed by atoms with E-state index in [-0.39, 0.29) is 17.7 Å². The van der Waals surface area contributed by atoms with Crippen molar-refractivity contribution in [3.8, 4) is 0 Å². The molecule has 6 heteroatoms. The Morgan fingerprint density at radius 2 is 1.85 bits per heavy atom. The highest BCUT2D eigenvalue weighted by Gasteiger charge is 2.38. The van der Waals surface area contributed by atoms with E-state index in [4.69, 9.17) is 0 Å². The maximum Gasteiger partial charge on any atom is 0.228 e. The van der Waals surface area contributed by atoms with Crippen molar-refractivity contribution in [1.29, 1.82) is 0 Å². The summed E-state index contributed by atoms with van der Waals surface area (Å²) in [4.78, 5) is 30.3. The summed E-state index contributed by atoms with van der Waals surface area (Å²) in [7, 11) is 0. The predicted octanol–water partition coefficient (Wildman–Crippen LogP) is 2.75. The molecule has 0 bridgehead atoms. The molecule has 2 amide bonds. The van der Waals surface area contributed by atoms with Crippen molar-refractivity contribution in [2.45, 2.75) is 43.0 Å². The first-order valence-electron chi connectivity index (χ1n) is 10.1. The Morgan fingerprint density at radius 1 is 1.15 bits per heavy atom. The van der Waals surface area contributed by atoms with E-state index in [1.165, 1.54) is 17.7 Å². The van der Waals surface area contributed by atoms with Crippen LogP contribution < -0.4 is 10.2 Å². The van der Waals surface area contributed by atoms with Crippen LogP contribution in [0.1, 0.15) is 32.1 Å². The van der Waals surface area contributed by atoms with Crippen molar-refractivity contribution in [1.82, 2.24) is 10.2 Å². The molecule has 3 aliphatic rings. The number of carbonyl (C=O) groups excluding carboxylic acids is 2. The smallest absolute Gasteiger partial charge is 0.228 e. The Balaban J connectivity index is 1.29. The third-order valence-electron chi connectivity index (χ3n) is 6.06. The molecule has 27 heavy (non-hydrogen) atoms. The Labute approximate surface area is 165 Å². The summed E-state index contributed by atoms with van der Waals surface area (Å²) in [6.07, 6.45) is 7.17. The van der Waals surface area contributed by atoms with Gasteiger partial charge in [-0.3, -0.25) is 9.59 Å². The Morgan fingerprint density at radius 3 is 2.48 bits per heavy atom. The van der Waals surface area contributed by atoms with Crippen LogP contribution in [0.3, 0.4) is 0 Å². The van der Waals surface area contributed by atoms with Crippen molar-refractivity contribution < 1.29 is 9.59 Å². The highest BCUT2D eigenvalue weighted by Crippen LogP contribution is 2.30. The first kappa shape index (κ1) is 18.8. The third-order valence-corrected chi connectivity index (χ3v) is 6.80. The summed E-state index contributed by atoms with van der Waals surface area (Å²) in [5.41, 5.74) is 0.899. The summed E-state index contributed by atoms with van der Waals surface area (Å²) in [5, 5.41) is 3.66. The molecule has 1 unspecified atom stereocenters. The molecule has 2 heterocycles. The van der Waals surface area contributed by atoms with E-state index in [1.54, 1.807) is 16.7 Å². The van der Waals surface area contributed by atoms with Gasteiger partial charge in [-0.25, -0.2) is 0 Å². The number of hydrogen-bond acceptors (Lipinski definition) is 4. The van der Waals surface area contributed by atoms with Crippen molar-refractivity contribution >= 4 is 29.3 Å². The van der Waals surface area contributed by atoms with Crippen LogP contribution in [0, 0.1) is 11.8 Å². The minimum atomic E-state index is -0.200. The second-order valence-corrected chi connectivity index (χ2v) is 8.93. The van der Waals surface area contributed by atoms with Gasteiger partial charge in [0, 0.05) is 42.7 Å². The number of nitrogens with zero attached hydrogens (tertiary/aromatic N) is 2. The van der Waals surface area contributed by atoms with Gasteiger partial charge in [0.2, 0.25) is 11.8 Å². The van der Waals surface area contributed by atoms with Crippen molar-refractivity contribution in [3.05, 3.63) is 24.3 Å². The zero-order chi connectivity index (χ0) is 18.8. The fraction of sp³-hybridized carbons (Fsp3) is 0.619. The summed E-state index contributed by atoms with van der Waals surface area (Å²) < 4.78 is 0. The second kappa shape index (κ2) is 8.23. The number of likely N-dealkylation sites (tertiary alicyclic amines) is 1. The fourth-order valence-corrected chi connectivity index (χ4v) is 4.51. The lowest BCUT2D eigenvalue weighted by molar-refractivity contribution is -0.136. The number of piperidine rings is 1.